The highest BCUT2D eigenvalue weighted by molar-refractivity contribution is 7.47. The van der Waals surface area contributed by atoms with Crippen LogP contribution in [-0.4, -0.2) is 60.5 Å². The summed E-state index contributed by atoms with van der Waals surface area (Å²) in [5, 5.41) is 10.2. The fourth-order valence-corrected chi connectivity index (χ4v) is 5.82. The molecule has 0 amide bonds. The van der Waals surface area contributed by atoms with Crippen molar-refractivity contribution >= 4 is 19.8 Å². The number of aliphatic hydroxyl groups excluding tert-OH is 1. The van der Waals surface area contributed by atoms with E-state index in [9.17, 15) is 24.2 Å². The van der Waals surface area contributed by atoms with Crippen LogP contribution in [0.5, 0.6) is 0 Å². The van der Waals surface area contributed by atoms with Gasteiger partial charge in [-0.25, -0.2) is 4.57 Å². The largest absolute Gasteiger partial charge is 0.472 e. The number of rotatable bonds is 38. The van der Waals surface area contributed by atoms with E-state index in [1.54, 1.807) is 18.2 Å². The number of esters is 2. The molecule has 0 aromatic rings. The standard InChI is InChI=1S/C47H76NO9P/c1-3-5-7-9-11-13-15-17-18-19-20-22-24-26-28-30-34-39-47(51)57-45(43-56-58(52,53)55-41-40-48)42-54-46(50)38-35-31-33-37-44(49)36-32-29-27-25-23-21-16-14-12-10-8-6-4-2/h6,8,12,14,17-18,20-23,26-29,31-33,36,44-45,49H,3-5,7,9-11,13,15-16,19,24-25,30,34-35,37-43,48H2,1-2H3,(H,52,53)/b8-6-,14-12-,18-17-,22-20-,23-21-,28-26-,29-27-,33-31-,36-32-/t44?,45-/m1/s1. The fraction of sp³-hybridized carbons (Fsp3) is 0.574. The van der Waals surface area contributed by atoms with Gasteiger partial charge in [-0.05, 0) is 77.0 Å². The molecule has 0 aliphatic carbocycles. The Kier molecular flexibility index (Phi) is 39.4. The minimum Gasteiger partial charge on any atom is -0.462 e. The molecule has 0 aromatic heterocycles. The van der Waals surface area contributed by atoms with Gasteiger partial charge < -0.3 is 25.2 Å². The van der Waals surface area contributed by atoms with E-state index >= 15 is 0 Å². The van der Waals surface area contributed by atoms with Crippen molar-refractivity contribution in [1.29, 1.82) is 0 Å². The first-order valence-corrected chi connectivity index (χ1v) is 23.0. The maximum absolute atomic E-state index is 12.6. The highest BCUT2D eigenvalue weighted by atomic mass is 31.2. The van der Waals surface area contributed by atoms with E-state index in [-0.39, 0.29) is 32.6 Å². The molecule has 0 radical (unpaired) electrons. The van der Waals surface area contributed by atoms with Gasteiger partial charge in [0.05, 0.1) is 19.3 Å². The van der Waals surface area contributed by atoms with Gasteiger partial charge in [-0.1, -0.05) is 155 Å². The zero-order chi connectivity index (χ0) is 42.6. The van der Waals surface area contributed by atoms with E-state index in [2.05, 4.69) is 80.7 Å². The Morgan fingerprint density at radius 1 is 0.621 bits per heavy atom. The van der Waals surface area contributed by atoms with Gasteiger partial charge in [0.25, 0.3) is 0 Å². The van der Waals surface area contributed by atoms with Crippen LogP contribution >= 0.6 is 7.82 Å². The van der Waals surface area contributed by atoms with Crippen molar-refractivity contribution in [3.63, 3.8) is 0 Å². The van der Waals surface area contributed by atoms with Crippen LogP contribution in [0.2, 0.25) is 0 Å². The van der Waals surface area contributed by atoms with Crippen molar-refractivity contribution in [2.24, 2.45) is 5.73 Å². The average molecular weight is 830 g/mol. The summed E-state index contributed by atoms with van der Waals surface area (Å²) in [5.74, 6) is -1.08. The van der Waals surface area contributed by atoms with Crippen LogP contribution in [0, 0.1) is 0 Å². The molecule has 0 rings (SSSR count). The SMILES string of the molecule is CC/C=C\C/C=C\C/C=C\C/C=C\C=C/C(O)C/C=C\CCC(=O)OC[C@H](COP(=O)(O)OCCN)OC(=O)CCC/C=C\C/C=C\C/C=C\CCCCCCCC. The summed E-state index contributed by atoms with van der Waals surface area (Å²) in [7, 11) is -4.44. The van der Waals surface area contributed by atoms with Crippen LogP contribution in [0.1, 0.15) is 136 Å². The van der Waals surface area contributed by atoms with Gasteiger partial charge in [0.15, 0.2) is 6.10 Å². The van der Waals surface area contributed by atoms with Gasteiger partial charge in [0.1, 0.15) is 6.61 Å². The Bertz CT molecular complexity index is 1330. The highest BCUT2D eigenvalue weighted by Crippen LogP contribution is 2.43. The van der Waals surface area contributed by atoms with Crippen molar-refractivity contribution in [3.8, 4) is 0 Å². The van der Waals surface area contributed by atoms with E-state index in [4.69, 9.17) is 24.3 Å². The normalized spacial score (nSPS) is 14.9. The first-order chi connectivity index (χ1) is 28.2. The van der Waals surface area contributed by atoms with E-state index in [0.717, 1.165) is 44.9 Å². The first kappa shape index (κ1) is 54.6. The molecular weight excluding hydrogens is 753 g/mol. The molecule has 0 saturated heterocycles. The smallest absolute Gasteiger partial charge is 0.462 e. The monoisotopic (exact) mass is 830 g/mol. The maximum Gasteiger partial charge on any atom is 0.472 e. The van der Waals surface area contributed by atoms with Crippen LogP contribution in [0.15, 0.2) is 109 Å². The second-order valence-electron chi connectivity index (χ2n) is 13.7. The number of carbonyl (C=O) groups is 2. The molecule has 4 N–H and O–H groups in total. The van der Waals surface area contributed by atoms with Gasteiger partial charge in [-0.3, -0.25) is 18.6 Å². The number of phosphoric acid groups is 1. The van der Waals surface area contributed by atoms with E-state index in [0.29, 0.717) is 25.7 Å². The second kappa shape index (κ2) is 41.8. The lowest BCUT2D eigenvalue weighted by Gasteiger charge is -2.19. The minimum atomic E-state index is -4.44. The van der Waals surface area contributed by atoms with E-state index in [1.807, 2.05) is 24.3 Å². The Morgan fingerprint density at radius 3 is 1.83 bits per heavy atom. The summed E-state index contributed by atoms with van der Waals surface area (Å²) >= 11 is 0. The molecule has 0 aliphatic heterocycles. The predicted molar refractivity (Wildman–Crippen MR) is 239 cm³/mol. The van der Waals surface area contributed by atoms with Gasteiger partial charge in [-0.15, -0.1) is 0 Å². The molecule has 58 heavy (non-hydrogen) atoms. The molecule has 10 nitrogen and oxygen atoms in total. The number of phosphoric ester groups is 1. The van der Waals surface area contributed by atoms with E-state index in [1.165, 1.54) is 38.5 Å². The molecule has 0 fully saturated rings. The summed E-state index contributed by atoms with van der Waals surface area (Å²) < 4.78 is 32.6. The van der Waals surface area contributed by atoms with Crippen molar-refractivity contribution in [2.45, 2.75) is 148 Å². The number of allylic oxidation sites excluding steroid dienone is 16. The van der Waals surface area contributed by atoms with Gasteiger partial charge >= 0.3 is 19.8 Å². The molecule has 0 heterocycles. The summed E-state index contributed by atoms with van der Waals surface area (Å²) in [6.45, 7) is 3.32. The zero-order valence-electron chi connectivity index (χ0n) is 35.6. The lowest BCUT2D eigenvalue weighted by Crippen LogP contribution is -2.29. The Labute approximate surface area is 351 Å². The molecule has 3 atom stereocenters. The van der Waals surface area contributed by atoms with Gasteiger partial charge in [-0.2, -0.15) is 0 Å². The topological polar surface area (TPSA) is 155 Å². The quantitative estimate of drug-likeness (QED) is 0.0180. The minimum absolute atomic E-state index is 0.0154. The number of hydrogen-bond acceptors (Lipinski definition) is 9. The first-order valence-electron chi connectivity index (χ1n) is 21.5. The number of unbranched alkanes of at least 4 members (excludes halogenated alkanes) is 7. The maximum atomic E-state index is 12.6. The summed E-state index contributed by atoms with van der Waals surface area (Å²) in [6.07, 6.45) is 51.6. The van der Waals surface area contributed by atoms with Crippen molar-refractivity contribution in [2.75, 3.05) is 26.4 Å². The van der Waals surface area contributed by atoms with Crippen LogP contribution in [0.4, 0.5) is 0 Å². The number of hydrogen-bond donors (Lipinski definition) is 3. The van der Waals surface area contributed by atoms with Crippen LogP contribution in [0.3, 0.4) is 0 Å². The fourth-order valence-electron chi connectivity index (χ4n) is 5.05. The number of aliphatic hydroxyl groups is 1. The average Bonchev–Trinajstić information content (AvgIpc) is 3.20. The molecule has 0 aliphatic rings. The highest BCUT2D eigenvalue weighted by Gasteiger charge is 2.25. The lowest BCUT2D eigenvalue weighted by atomic mass is 10.1. The van der Waals surface area contributed by atoms with Gasteiger partial charge in [0.2, 0.25) is 0 Å². The molecule has 0 aromatic carbocycles. The summed E-state index contributed by atoms with van der Waals surface area (Å²) in [4.78, 5) is 34.8. The Balaban J connectivity index is 4.49. The molecule has 0 bridgehead atoms. The van der Waals surface area contributed by atoms with Crippen LogP contribution in [-0.2, 0) is 32.7 Å². The molecule has 328 valence electrons. The molecular formula is C47H76NO9P. The van der Waals surface area contributed by atoms with Crippen molar-refractivity contribution in [3.05, 3.63) is 109 Å². The van der Waals surface area contributed by atoms with E-state index < -0.39 is 38.6 Å². The lowest BCUT2D eigenvalue weighted by molar-refractivity contribution is -0.161. The Hall–Kier alpha value is -3.37. The number of nitrogens with two attached hydrogens (primary N) is 1. The summed E-state index contributed by atoms with van der Waals surface area (Å²) in [5.41, 5.74) is 5.33. The molecule has 11 heteroatoms. The molecule has 0 spiro atoms. The van der Waals surface area contributed by atoms with Crippen LogP contribution < -0.4 is 5.73 Å². The second-order valence-corrected chi connectivity index (χ2v) is 15.1. The van der Waals surface area contributed by atoms with Gasteiger partial charge in [0, 0.05) is 19.4 Å². The third-order valence-corrected chi connectivity index (χ3v) is 9.22. The predicted octanol–water partition coefficient (Wildman–Crippen LogP) is 11.4. The third-order valence-electron chi connectivity index (χ3n) is 8.24. The summed E-state index contributed by atoms with van der Waals surface area (Å²) in [6, 6.07) is 0. The van der Waals surface area contributed by atoms with Crippen molar-refractivity contribution < 1.29 is 42.7 Å². The third kappa shape index (κ3) is 40.8. The van der Waals surface area contributed by atoms with Crippen LogP contribution in [0.25, 0.3) is 0 Å². The Morgan fingerprint density at radius 2 is 1.19 bits per heavy atom. The number of ether oxygens (including phenoxy) is 2. The molecule has 0 saturated carbocycles. The molecule has 2 unspecified atom stereocenters. The number of carbonyl (C=O) groups excluding carboxylic acids is 2. The van der Waals surface area contributed by atoms with Crippen molar-refractivity contribution in [1.82, 2.24) is 0 Å². The zero-order valence-corrected chi connectivity index (χ0v) is 36.5.